The van der Waals surface area contributed by atoms with Crippen LogP contribution in [0.15, 0.2) is 34.7 Å². The van der Waals surface area contributed by atoms with Crippen LogP contribution in [0.3, 0.4) is 0 Å². The fourth-order valence-electron chi connectivity index (χ4n) is 4.10. The van der Waals surface area contributed by atoms with Gasteiger partial charge in [0.15, 0.2) is 5.89 Å². The number of hydrogen-bond acceptors (Lipinski definition) is 7. The van der Waals surface area contributed by atoms with Crippen LogP contribution in [-0.4, -0.2) is 60.8 Å². The van der Waals surface area contributed by atoms with Crippen LogP contribution in [0.5, 0.6) is 0 Å². The quantitative estimate of drug-likeness (QED) is 0.457. The lowest BCUT2D eigenvalue weighted by Gasteiger charge is -2.32. The number of hydrogen-bond donors (Lipinski definition) is 2. The van der Waals surface area contributed by atoms with Gasteiger partial charge in [-0.05, 0) is 59.4 Å². The fraction of sp³-hybridized carbons (Fsp3) is 0.577. The minimum Gasteiger partial charge on any atom is -0.436 e. The molecular weight excluding hydrogens is 461 g/mol. The molecule has 2 amide bonds. The van der Waals surface area contributed by atoms with Crippen molar-refractivity contribution in [3.8, 4) is 0 Å². The van der Waals surface area contributed by atoms with Crippen molar-refractivity contribution >= 4 is 18.9 Å². The van der Waals surface area contributed by atoms with E-state index in [1.165, 1.54) is 12.7 Å². The minimum absolute atomic E-state index is 0.0101. The monoisotopic (exact) mass is 499 g/mol. The highest BCUT2D eigenvalue weighted by Gasteiger charge is 2.54. The summed E-state index contributed by atoms with van der Waals surface area (Å²) in [6, 6.07) is 9.24. The Morgan fingerprint density at radius 1 is 1.06 bits per heavy atom. The summed E-state index contributed by atoms with van der Waals surface area (Å²) in [6.07, 6.45) is 2.30. The molecular formula is C26H38BN3O6. The molecule has 2 heterocycles. The second kappa shape index (κ2) is 11.6. The standard InChI is InChI=1S/C26H38BN3O6/c1-17-22(34-18(2)28-17)24(32)29-20(16-33-7)23(31)30-21(15-11-14-19-12-9-8-10-13-19)27-35-25(3,4)26(5,6)36-27/h8-10,12-13,20-21H,11,14-16H2,1-7H3,(H,29,32)(H,30,31)/t20-,21+/m1/s1. The number of aromatic nitrogens is 1. The molecule has 0 spiro atoms. The second-order valence-corrected chi connectivity index (χ2v) is 10.2. The summed E-state index contributed by atoms with van der Waals surface area (Å²) in [6.45, 7) is 11.2. The van der Waals surface area contributed by atoms with E-state index in [0.717, 1.165) is 12.8 Å². The Labute approximate surface area is 213 Å². The Bertz CT molecular complexity index is 1020. The van der Waals surface area contributed by atoms with Crippen molar-refractivity contribution in [3.63, 3.8) is 0 Å². The van der Waals surface area contributed by atoms with Crippen molar-refractivity contribution in [1.29, 1.82) is 0 Å². The first-order chi connectivity index (χ1) is 16.9. The summed E-state index contributed by atoms with van der Waals surface area (Å²) in [5, 5.41) is 5.76. The molecule has 1 fully saturated rings. The molecule has 3 rings (SSSR count). The number of amides is 2. The van der Waals surface area contributed by atoms with Gasteiger partial charge in [-0.3, -0.25) is 9.59 Å². The van der Waals surface area contributed by atoms with Crippen LogP contribution in [-0.2, 0) is 25.3 Å². The maximum absolute atomic E-state index is 13.3. The molecule has 0 aliphatic carbocycles. The molecule has 1 aliphatic rings. The molecule has 0 saturated carbocycles. The molecule has 2 N–H and O–H groups in total. The number of carbonyl (C=O) groups excluding carboxylic acids is 2. The Morgan fingerprint density at radius 3 is 2.25 bits per heavy atom. The first-order valence-electron chi connectivity index (χ1n) is 12.4. The molecule has 10 heteroatoms. The minimum atomic E-state index is -0.939. The maximum Gasteiger partial charge on any atom is 0.481 e. The number of nitrogens with zero attached hydrogens (tertiary/aromatic N) is 1. The van der Waals surface area contributed by atoms with Crippen molar-refractivity contribution < 1.29 is 28.1 Å². The fourth-order valence-corrected chi connectivity index (χ4v) is 4.10. The van der Waals surface area contributed by atoms with Crippen LogP contribution in [0, 0.1) is 13.8 Å². The molecule has 0 radical (unpaired) electrons. The van der Waals surface area contributed by atoms with E-state index in [9.17, 15) is 9.59 Å². The van der Waals surface area contributed by atoms with Gasteiger partial charge in [-0.15, -0.1) is 0 Å². The third-order valence-electron chi connectivity index (χ3n) is 6.82. The lowest BCUT2D eigenvalue weighted by Crippen LogP contribution is -2.56. The van der Waals surface area contributed by atoms with E-state index in [0.29, 0.717) is 18.0 Å². The Kier molecular flexibility index (Phi) is 8.97. The van der Waals surface area contributed by atoms with Crippen molar-refractivity contribution in [1.82, 2.24) is 15.6 Å². The average Bonchev–Trinajstić information content (AvgIpc) is 3.26. The van der Waals surface area contributed by atoms with Gasteiger partial charge in [-0.2, -0.15) is 0 Å². The van der Waals surface area contributed by atoms with Crippen molar-refractivity contribution in [2.75, 3.05) is 13.7 Å². The zero-order valence-corrected chi connectivity index (χ0v) is 22.3. The van der Waals surface area contributed by atoms with Crippen molar-refractivity contribution in [3.05, 3.63) is 53.2 Å². The number of benzene rings is 1. The zero-order valence-electron chi connectivity index (χ0n) is 22.3. The summed E-state index contributed by atoms with van der Waals surface area (Å²) < 4.78 is 23.1. The van der Waals surface area contributed by atoms with Crippen LogP contribution in [0.25, 0.3) is 0 Å². The number of nitrogens with one attached hydrogen (secondary N) is 2. The molecule has 0 bridgehead atoms. The predicted octanol–water partition coefficient (Wildman–Crippen LogP) is 3.18. The number of rotatable bonds is 11. The van der Waals surface area contributed by atoms with E-state index in [4.69, 9.17) is 18.5 Å². The summed E-state index contributed by atoms with van der Waals surface area (Å²) in [4.78, 5) is 30.3. The van der Waals surface area contributed by atoms with Crippen LogP contribution in [0.1, 0.15) is 68.2 Å². The first kappa shape index (κ1) is 27.9. The summed E-state index contributed by atoms with van der Waals surface area (Å²) >= 11 is 0. The van der Waals surface area contributed by atoms with E-state index in [-0.39, 0.29) is 12.4 Å². The highest BCUT2D eigenvalue weighted by Crippen LogP contribution is 2.38. The highest BCUT2D eigenvalue weighted by molar-refractivity contribution is 6.48. The smallest absolute Gasteiger partial charge is 0.436 e. The molecule has 1 aromatic heterocycles. The summed E-state index contributed by atoms with van der Waals surface area (Å²) in [5.41, 5.74) is 0.598. The Balaban J connectivity index is 1.72. The number of aryl methyl sites for hydroxylation is 3. The molecule has 9 nitrogen and oxygen atoms in total. The van der Waals surface area contributed by atoms with E-state index < -0.39 is 42.1 Å². The Morgan fingerprint density at radius 2 is 1.69 bits per heavy atom. The van der Waals surface area contributed by atoms with Gasteiger partial charge in [0.25, 0.3) is 5.91 Å². The Hall–Kier alpha value is -2.69. The van der Waals surface area contributed by atoms with Gasteiger partial charge in [0.2, 0.25) is 11.7 Å². The van der Waals surface area contributed by atoms with Crippen LogP contribution >= 0.6 is 0 Å². The van der Waals surface area contributed by atoms with E-state index >= 15 is 0 Å². The van der Waals surface area contributed by atoms with Crippen LogP contribution < -0.4 is 10.6 Å². The molecule has 196 valence electrons. The van der Waals surface area contributed by atoms with Crippen molar-refractivity contribution in [2.24, 2.45) is 0 Å². The normalized spacial score (nSPS) is 18.0. The largest absolute Gasteiger partial charge is 0.481 e. The number of methoxy groups -OCH3 is 1. The lowest BCUT2D eigenvalue weighted by atomic mass is 9.75. The molecule has 1 aromatic carbocycles. The molecule has 2 aromatic rings. The second-order valence-electron chi connectivity index (χ2n) is 10.2. The van der Waals surface area contributed by atoms with Gasteiger partial charge in [-0.1, -0.05) is 30.3 Å². The SMILES string of the molecule is COC[C@@H](NC(=O)c1oc(C)nc1C)C(=O)N[C@@H](CCCc1ccccc1)B1OC(C)(C)C(C)(C)O1. The van der Waals surface area contributed by atoms with Gasteiger partial charge in [0, 0.05) is 14.0 Å². The lowest BCUT2D eigenvalue weighted by molar-refractivity contribution is -0.124. The molecule has 1 aliphatic heterocycles. The molecule has 36 heavy (non-hydrogen) atoms. The number of oxazole rings is 1. The topological polar surface area (TPSA) is 112 Å². The number of carbonyl (C=O) groups is 2. The highest BCUT2D eigenvalue weighted by atomic mass is 16.7. The van der Waals surface area contributed by atoms with Crippen LogP contribution in [0.2, 0.25) is 0 Å². The molecule has 1 saturated heterocycles. The van der Waals surface area contributed by atoms with Crippen molar-refractivity contribution in [2.45, 2.75) is 84.0 Å². The predicted molar refractivity (Wildman–Crippen MR) is 136 cm³/mol. The third-order valence-corrected chi connectivity index (χ3v) is 6.82. The van der Waals surface area contributed by atoms with Gasteiger partial charge in [-0.25, -0.2) is 4.98 Å². The summed E-state index contributed by atoms with van der Waals surface area (Å²) in [5.74, 6) is -0.885. The van der Waals surface area contributed by atoms with Crippen LogP contribution in [0.4, 0.5) is 0 Å². The van der Waals surface area contributed by atoms with Gasteiger partial charge in [0.1, 0.15) is 6.04 Å². The maximum atomic E-state index is 13.3. The van der Waals surface area contributed by atoms with Gasteiger partial charge in [0.05, 0.1) is 29.4 Å². The summed E-state index contributed by atoms with van der Waals surface area (Å²) in [7, 11) is 0.842. The molecule has 2 atom stereocenters. The zero-order chi connectivity index (χ0) is 26.5. The van der Waals surface area contributed by atoms with E-state index in [2.05, 4.69) is 27.8 Å². The van der Waals surface area contributed by atoms with Gasteiger partial charge < -0.3 is 29.1 Å². The van der Waals surface area contributed by atoms with Gasteiger partial charge >= 0.3 is 7.12 Å². The van der Waals surface area contributed by atoms with E-state index in [1.807, 2.05) is 45.9 Å². The molecule has 0 unspecified atom stereocenters. The first-order valence-corrected chi connectivity index (χ1v) is 12.4. The average molecular weight is 499 g/mol. The third kappa shape index (κ3) is 6.75. The van der Waals surface area contributed by atoms with E-state index in [1.54, 1.807) is 13.8 Å². The number of ether oxygens (including phenoxy) is 1.